The van der Waals surface area contributed by atoms with Crippen molar-refractivity contribution in [1.29, 1.82) is 0 Å². The van der Waals surface area contributed by atoms with Crippen LogP contribution in [0.5, 0.6) is 5.75 Å². The van der Waals surface area contributed by atoms with Crippen molar-refractivity contribution in [1.82, 2.24) is 9.38 Å². The van der Waals surface area contributed by atoms with Gasteiger partial charge < -0.3 is 14.8 Å². The van der Waals surface area contributed by atoms with Gasteiger partial charge in [-0.15, -0.1) is 0 Å². The molecule has 3 aromatic heterocycles. The number of aromatic hydroxyl groups is 1. The molecule has 0 bridgehead atoms. The number of pyridine rings is 1. The lowest BCUT2D eigenvalue weighted by atomic mass is 10.1. The van der Waals surface area contributed by atoms with Gasteiger partial charge in [0.15, 0.2) is 0 Å². The van der Waals surface area contributed by atoms with E-state index in [-0.39, 0.29) is 5.75 Å². The van der Waals surface area contributed by atoms with E-state index in [1.165, 1.54) is 0 Å². The molecule has 4 aromatic rings. The van der Waals surface area contributed by atoms with Crippen molar-refractivity contribution in [3.63, 3.8) is 0 Å². The van der Waals surface area contributed by atoms with Crippen LogP contribution in [-0.2, 0) is 6.54 Å². The molecule has 0 aliphatic carbocycles. The number of nitrogens with one attached hydrogen (secondary N) is 1. The molecule has 0 radical (unpaired) electrons. The minimum Gasteiger partial charge on any atom is -0.508 e. The van der Waals surface area contributed by atoms with E-state index in [1.807, 2.05) is 40.9 Å². The number of rotatable bonds is 4. The predicted octanol–water partition coefficient (Wildman–Crippen LogP) is 4.57. The average molecular weight is 340 g/mol. The topological polar surface area (TPSA) is 62.7 Å². The van der Waals surface area contributed by atoms with Crippen LogP contribution in [0.1, 0.15) is 5.76 Å². The number of phenols is 1. The number of fused-ring (bicyclic) bond motifs is 1. The SMILES string of the molecule is Oc1ccc(-c2nc3ccc(Cl)cn3c2NCc2ccco2)cc1. The zero-order chi connectivity index (χ0) is 16.5. The first-order chi connectivity index (χ1) is 11.7. The molecule has 5 nitrogen and oxygen atoms in total. The second-order valence-corrected chi connectivity index (χ2v) is 5.80. The molecule has 0 spiro atoms. The number of benzene rings is 1. The van der Waals surface area contributed by atoms with E-state index < -0.39 is 0 Å². The van der Waals surface area contributed by atoms with Crippen LogP contribution >= 0.6 is 11.6 Å². The Labute approximate surface area is 143 Å². The fourth-order valence-corrected chi connectivity index (χ4v) is 2.75. The number of aromatic nitrogens is 2. The zero-order valence-electron chi connectivity index (χ0n) is 12.6. The van der Waals surface area contributed by atoms with Crippen LogP contribution < -0.4 is 5.32 Å². The smallest absolute Gasteiger partial charge is 0.139 e. The summed E-state index contributed by atoms with van der Waals surface area (Å²) >= 11 is 6.14. The highest BCUT2D eigenvalue weighted by Gasteiger charge is 2.14. The van der Waals surface area contributed by atoms with E-state index >= 15 is 0 Å². The lowest BCUT2D eigenvalue weighted by Gasteiger charge is -2.08. The standard InChI is InChI=1S/C18H14ClN3O2/c19-13-5-8-16-21-17(12-3-6-14(23)7-4-12)18(22(16)11-13)20-10-15-2-1-9-24-15/h1-9,11,20,23H,10H2. The first-order valence-corrected chi connectivity index (χ1v) is 7.82. The highest BCUT2D eigenvalue weighted by Crippen LogP contribution is 2.31. The summed E-state index contributed by atoms with van der Waals surface area (Å²) in [7, 11) is 0. The van der Waals surface area contributed by atoms with Crippen LogP contribution in [0, 0.1) is 0 Å². The third-order valence-electron chi connectivity index (χ3n) is 3.73. The minimum atomic E-state index is 0.218. The predicted molar refractivity (Wildman–Crippen MR) is 93.3 cm³/mol. The van der Waals surface area contributed by atoms with E-state index in [0.717, 1.165) is 28.5 Å². The summed E-state index contributed by atoms with van der Waals surface area (Å²) in [5, 5.41) is 13.5. The Morgan fingerprint density at radius 3 is 2.71 bits per heavy atom. The molecule has 0 atom stereocenters. The van der Waals surface area contributed by atoms with Gasteiger partial charge in [-0.05, 0) is 48.5 Å². The molecule has 0 saturated heterocycles. The summed E-state index contributed by atoms with van der Waals surface area (Å²) in [6.45, 7) is 0.526. The number of hydrogen-bond donors (Lipinski definition) is 2. The fraction of sp³-hybridized carbons (Fsp3) is 0.0556. The van der Waals surface area contributed by atoms with E-state index in [1.54, 1.807) is 24.5 Å². The molecule has 1 aromatic carbocycles. The van der Waals surface area contributed by atoms with Gasteiger partial charge in [-0.3, -0.25) is 4.40 Å². The van der Waals surface area contributed by atoms with Crippen LogP contribution in [0.3, 0.4) is 0 Å². The summed E-state index contributed by atoms with van der Waals surface area (Å²) in [5.74, 6) is 1.86. The van der Waals surface area contributed by atoms with Crippen LogP contribution in [0.25, 0.3) is 16.9 Å². The van der Waals surface area contributed by atoms with Gasteiger partial charge in [0.05, 0.1) is 17.8 Å². The van der Waals surface area contributed by atoms with Crippen molar-refractivity contribution in [2.75, 3.05) is 5.32 Å². The van der Waals surface area contributed by atoms with Gasteiger partial charge in [-0.2, -0.15) is 0 Å². The Morgan fingerprint density at radius 1 is 1.12 bits per heavy atom. The summed E-state index contributed by atoms with van der Waals surface area (Å²) in [6, 6.07) is 14.4. The Kier molecular flexibility index (Phi) is 3.63. The Balaban J connectivity index is 1.81. The van der Waals surface area contributed by atoms with Crippen molar-refractivity contribution in [3.05, 3.63) is 71.8 Å². The number of anilines is 1. The normalized spacial score (nSPS) is 11.0. The molecule has 4 rings (SSSR count). The van der Waals surface area contributed by atoms with Crippen molar-refractivity contribution >= 4 is 23.1 Å². The van der Waals surface area contributed by atoms with Gasteiger partial charge in [-0.25, -0.2) is 4.98 Å². The van der Waals surface area contributed by atoms with Crippen LogP contribution in [-0.4, -0.2) is 14.5 Å². The minimum absolute atomic E-state index is 0.218. The molecule has 0 fully saturated rings. The molecule has 3 heterocycles. The molecule has 0 aliphatic heterocycles. The van der Waals surface area contributed by atoms with Gasteiger partial charge in [0.1, 0.15) is 28.7 Å². The Hall–Kier alpha value is -2.92. The molecule has 0 saturated carbocycles. The molecular weight excluding hydrogens is 326 g/mol. The van der Waals surface area contributed by atoms with Gasteiger partial charge in [0.25, 0.3) is 0 Å². The third-order valence-corrected chi connectivity index (χ3v) is 3.96. The van der Waals surface area contributed by atoms with E-state index in [4.69, 9.17) is 16.0 Å². The molecule has 120 valence electrons. The lowest BCUT2D eigenvalue weighted by Crippen LogP contribution is -2.02. The summed E-state index contributed by atoms with van der Waals surface area (Å²) in [4.78, 5) is 4.68. The number of phenolic OH excluding ortho intramolecular Hbond substituents is 1. The maximum Gasteiger partial charge on any atom is 0.139 e. The van der Waals surface area contributed by atoms with Crippen molar-refractivity contribution in [3.8, 4) is 17.0 Å². The quantitative estimate of drug-likeness (QED) is 0.572. The zero-order valence-corrected chi connectivity index (χ0v) is 13.4. The average Bonchev–Trinajstić information content (AvgIpc) is 3.21. The molecule has 0 unspecified atom stereocenters. The molecule has 2 N–H and O–H groups in total. The summed E-state index contributed by atoms with van der Waals surface area (Å²) < 4.78 is 7.29. The van der Waals surface area contributed by atoms with Gasteiger partial charge in [0.2, 0.25) is 0 Å². The monoisotopic (exact) mass is 339 g/mol. The fourth-order valence-electron chi connectivity index (χ4n) is 2.59. The van der Waals surface area contributed by atoms with Gasteiger partial charge in [-0.1, -0.05) is 11.6 Å². The summed E-state index contributed by atoms with van der Waals surface area (Å²) in [6.07, 6.45) is 3.46. The highest BCUT2D eigenvalue weighted by atomic mass is 35.5. The number of halogens is 1. The second kappa shape index (κ2) is 5.94. The third kappa shape index (κ3) is 2.70. The van der Waals surface area contributed by atoms with Crippen molar-refractivity contribution in [2.24, 2.45) is 0 Å². The lowest BCUT2D eigenvalue weighted by molar-refractivity contribution is 0.475. The maximum absolute atomic E-state index is 9.51. The first kappa shape index (κ1) is 14.7. The van der Waals surface area contributed by atoms with E-state index in [2.05, 4.69) is 10.3 Å². The number of hydrogen-bond acceptors (Lipinski definition) is 4. The van der Waals surface area contributed by atoms with Crippen LogP contribution in [0.4, 0.5) is 5.82 Å². The van der Waals surface area contributed by atoms with Crippen LogP contribution in [0.15, 0.2) is 65.4 Å². The van der Waals surface area contributed by atoms with Crippen molar-refractivity contribution < 1.29 is 9.52 Å². The number of furan rings is 1. The molecule has 6 heteroatoms. The highest BCUT2D eigenvalue weighted by molar-refractivity contribution is 6.30. The van der Waals surface area contributed by atoms with E-state index in [9.17, 15) is 5.11 Å². The van der Waals surface area contributed by atoms with Crippen LogP contribution in [0.2, 0.25) is 5.02 Å². The Morgan fingerprint density at radius 2 is 1.96 bits per heavy atom. The molecule has 0 amide bonds. The van der Waals surface area contributed by atoms with Gasteiger partial charge in [0, 0.05) is 11.8 Å². The second-order valence-electron chi connectivity index (χ2n) is 5.36. The maximum atomic E-state index is 9.51. The molecular formula is C18H14ClN3O2. The van der Waals surface area contributed by atoms with E-state index in [0.29, 0.717) is 11.6 Å². The van der Waals surface area contributed by atoms with Crippen molar-refractivity contribution in [2.45, 2.75) is 6.54 Å². The first-order valence-electron chi connectivity index (χ1n) is 7.44. The largest absolute Gasteiger partial charge is 0.508 e. The molecule has 0 aliphatic rings. The molecule has 24 heavy (non-hydrogen) atoms. The van der Waals surface area contributed by atoms with Gasteiger partial charge >= 0.3 is 0 Å². The number of nitrogens with zero attached hydrogens (tertiary/aromatic N) is 2. The summed E-state index contributed by atoms with van der Waals surface area (Å²) in [5.41, 5.74) is 2.46. The Bertz CT molecular complexity index is 976. The number of imidazole rings is 1.